The Labute approximate surface area is 111 Å². The molecule has 3 rings (SSSR count). The van der Waals surface area contributed by atoms with Crippen molar-refractivity contribution in [2.24, 2.45) is 0 Å². The van der Waals surface area contributed by atoms with Crippen molar-refractivity contribution >= 4 is 5.82 Å². The van der Waals surface area contributed by atoms with Crippen LogP contribution in [0, 0.1) is 0 Å². The smallest absolute Gasteiger partial charge is 0.161 e. The molecular formula is C14H16N4O. The molecular weight excluding hydrogens is 240 g/mol. The van der Waals surface area contributed by atoms with E-state index < -0.39 is 0 Å². The van der Waals surface area contributed by atoms with Crippen LogP contribution in [0.15, 0.2) is 36.8 Å². The Bertz CT molecular complexity index is 546. The van der Waals surface area contributed by atoms with Crippen LogP contribution in [-0.2, 0) is 0 Å². The second kappa shape index (κ2) is 5.32. The van der Waals surface area contributed by atoms with Crippen molar-refractivity contribution in [1.29, 1.82) is 0 Å². The Hall–Kier alpha value is -2.01. The fraction of sp³-hybridized carbons (Fsp3) is 0.357. The van der Waals surface area contributed by atoms with Crippen LogP contribution in [0.2, 0.25) is 0 Å². The van der Waals surface area contributed by atoms with Gasteiger partial charge in [0.1, 0.15) is 5.82 Å². The molecule has 0 bridgehead atoms. The number of nitrogens with one attached hydrogen (secondary N) is 1. The molecule has 5 nitrogen and oxygen atoms in total. The summed E-state index contributed by atoms with van der Waals surface area (Å²) in [5.74, 6) is 1.42. The summed E-state index contributed by atoms with van der Waals surface area (Å²) in [7, 11) is 0. The molecule has 0 radical (unpaired) electrons. The van der Waals surface area contributed by atoms with Crippen molar-refractivity contribution in [3.05, 3.63) is 36.8 Å². The summed E-state index contributed by atoms with van der Waals surface area (Å²) in [6.07, 6.45) is 7.79. The van der Waals surface area contributed by atoms with Gasteiger partial charge >= 0.3 is 0 Å². The monoisotopic (exact) mass is 256 g/mol. The van der Waals surface area contributed by atoms with Crippen molar-refractivity contribution in [2.75, 3.05) is 5.32 Å². The third-order valence-corrected chi connectivity index (χ3v) is 3.41. The first-order chi connectivity index (χ1) is 9.33. The summed E-state index contributed by atoms with van der Waals surface area (Å²) in [6, 6.07) is 5.68. The quantitative estimate of drug-likeness (QED) is 0.877. The lowest BCUT2D eigenvalue weighted by Crippen LogP contribution is -2.28. The van der Waals surface area contributed by atoms with Gasteiger partial charge in [-0.25, -0.2) is 9.97 Å². The minimum absolute atomic E-state index is 0.0974. The third-order valence-electron chi connectivity index (χ3n) is 3.41. The Morgan fingerprint density at radius 2 is 1.95 bits per heavy atom. The van der Waals surface area contributed by atoms with E-state index in [4.69, 9.17) is 0 Å². The van der Waals surface area contributed by atoms with Crippen LogP contribution in [0.25, 0.3) is 11.4 Å². The second-order valence-corrected chi connectivity index (χ2v) is 4.75. The predicted molar refractivity (Wildman–Crippen MR) is 72.5 cm³/mol. The minimum atomic E-state index is -0.278. The van der Waals surface area contributed by atoms with E-state index in [9.17, 15) is 5.11 Å². The highest BCUT2D eigenvalue weighted by Gasteiger charge is 2.25. The number of hydrogen-bond acceptors (Lipinski definition) is 5. The molecule has 2 heterocycles. The molecule has 2 atom stereocenters. The van der Waals surface area contributed by atoms with Gasteiger partial charge in [0.05, 0.1) is 12.1 Å². The van der Waals surface area contributed by atoms with Gasteiger partial charge in [0, 0.05) is 24.2 Å². The highest BCUT2D eigenvalue weighted by Crippen LogP contribution is 2.23. The number of nitrogens with zero attached hydrogens (tertiary/aromatic N) is 3. The molecule has 0 amide bonds. The molecule has 0 unspecified atom stereocenters. The van der Waals surface area contributed by atoms with Gasteiger partial charge in [-0.05, 0) is 37.5 Å². The average Bonchev–Trinajstić information content (AvgIpc) is 2.86. The summed E-state index contributed by atoms with van der Waals surface area (Å²) in [5, 5.41) is 13.1. The van der Waals surface area contributed by atoms with Gasteiger partial charge in [0.15, 0.2) is 5.82 Å². The number of aliphatic hydroxyl groups is 1. The van der Waals surface area contributed by atoms with E-state index in [1.807, 2.05) is 18.2 Å². The standard InChI is InChI=1S/C14H16N4O/c19-12-3-1-2-11(12)17-13-6-9-16-14(18-13)10-4-7-15-8-5-10/h4-9,11-12,19H,1-3H2,(H,16,17,18)/t11-,12+/m0/s1. The van der Waals surface area contributed by atoms with E-state index in [1.54, 1.807) is 18.6 Å². The van der Waals surface area contributed by atoms with Gasteiger partial charge in [-0.3, -0.25) is 4.98 Å². The lowest BCUT2D eigenvalue weighted by Gasteiger charge is -2.17. The first kappa shape index (κ1) is 12.0. The first-order valence-electron chi connectivity index (χ1n) is 6.51. The van der Waals surface area contributed by atoms with Gasteiger partial charge < -0.3 is 10.4 Å². The SMILES string of the molecule is O[C@@H]1CCC[C@@H]1Nc1ccnc(-c2ccncc2)n1. The summed E-state index contributed by atoms with van der Waals surface area (Å²) >= 11 is 0. The maximum absolute atomic E-state index is 9.82. The maximum atomic E-state index is 9.82. The summed E-state index contributed by atoms with van der Waals surface area (Å²) < 4.78 is 0. The van der Waals surface area contributed by atoms with Gasteiger partial charge in [0.25, 0.3) is 0 Å². The van der Waals surface area contributed by atoms with Gasteiger partial charge in [-0.2, -0.15) is 0 Å². The highest BCUT2D eigenvalue weighted by molar-refractivity contribution is 5.55. The molecule has 0 aliphatic heterocycles. The first-order valence-corrected chi connectivity index (χ1v) is 6.51. The topological polar surface area (TPSA) is 70.9 Å². The summed E-state index contributed by atoms with van der Waals surface area (Å²) in [6.45, 7) is 0. The number of aliphatic hydroxyl groups excluding tert-OH is 1. The zero-order valence-corrected chi connectivity index (χ0v) is 10.5. The Morgan fingerprint density at radius 3 is 2.68 bits per heavy atom. The molecule has 19 heavy (non-hydrogen) atoms. The Kier molecular flexibility index (Phi) is 3.37. The predicted octanol–water partition coefficient (Wildman–Crippen LogP) is 1.86. The molecule has 1 saturated carbocycles. The number of aromatic nitrogens is 3. The van der Waals surface area contributed by atoms with E-state index in [0.29, 0.717) is 5.82 Å². The van der Waals surface area contributed by atoms with E-state index in [0.717, 1.165) is 30.6 Å². The fourth-order valence-corrected chi connectivity index (χ4v) is 2.38. The molecule has 5 heteroatoms. The van der Waals surface area contributed by atoms with Crippen molar-refractivity contribution < 1.29 is 5.11 Å². The minimum Gasteiger partial charge on any atom is -0.391 e. The van der Waals surface area contributed by atoms with Crippen molar-refractivity contribution in [2.45, 2.75) is 31.4 Å². The van der Waals surface area contributed by atoms with Crippen LogP contribution in [0.4, 0.5) is 5.82 Å². The van der Waals surface area contributed by atoms with Crippen LogP contribution in [0.3, 0.4) is 0 Å². The molecule has 0 saturated heterocycles. The molecule has 1 aliphatic rings. The van der Waals surface area contributed by atoms with E-state index in [-0.39, 0.29) is 12.1 Å². The maximum Gasteiger partial charge on any atom is 0.161 e. The van der Waals surface area contributed by atoms with Gasteiger partial charge in [-0.1, -0.05) is 0 Å². The number of pyridine rings is 1. The Balaban J connectivity index is 1.80. The lowest BCUT2D eigenvalue weighted by atomic mass is 10.2. The average molecular weight is 256 g/mol. The Morgan fingerprint density at radius 1 is 1.11 bits per heavy atom. The molecule has 0 aromatic carbocycles. The molecule has 2 aromatic heterocycles. The molecule has 2 N–H and O–H groups in total. The molecule has 1 fully saturated rings. The third kappa shape index (κ3) is 2.71. The van der Waals surface area contributed by atoms with Gasteiger partial charge in [-0.15, -0.1) is 0 Å². The molecule has 0 spiro atoms. The zero-order valence-electron chi connectivity index (χ0n) is 10.5. The van der Waals surface area contributed by atoms with E-state index >= 15 is 0 Å². The largest absolute Gasteiger partial charge is 0.391 e. The summed E-state index contributed by atoms with van der Waals surface area (Å²) in [5.41, 5.74) is 0.936. The zero-order chi connectivity index (χ0) is 13.1. The highest BCUT2D eigenvalue weighted by atomic mass is 16.3. The van der Waals surface area contributed by atoms with Crippen LogP contribution in [-0.4, -0.2) is 32.2 Å². The number of anilines is 1. The second-order valence-electron chi connectivity index (χ2n) is 4.75. The van der Waals surface area contributed by atoms with Crippen LogP contribution in [0.5, 0.6) is 0 Å². The molecule has 98 valence electrons. The fourth-order valence-electron chi connectivity index (χ4n) is 2.38. The van der Waals surface area contributed by atoms with Crippen molar-refractivity contribution in [1.82, 2.24) is 15.0 Å². The van der Waals surface area contributed by atoms with Crippen LogP contribution in [0.1, 0.15) is 19.3 Å². The van der Waals surface area contributed by atoms with Crippen LogP contribution < -0.4 is 5.32 Å². The van der Waals surface area contributed by atoms with Crippen molar-refractivity contribution in [3.63, 3.8) is 0 Å². The molecule has 2 aromatic rings. The summed E-state index contributed by atoms with van der Waals surface area (Å²) in [4.78, 5) is 12.7. The molecule has 1 aliphatic carbocycles. The number of hydrogen-bond donors (Lipinski definition) is 2. The normalized spacial score (nSPS) is 22.4. The van der Waals surface area contributed by atoms with Crippen molar-refractivity contribution in [3.8, 4) is 11.4 Å². The van der Waals surface area contributed by atoms with Gasteiger partial charge in [0.2, 0.25) is 0 Å². The van der Waals surface area contributed by atoms with E-state index in [1.165, 1.54) is 0 Å². The van der Waals surface area contributed by atoms with Crippen LogP contribution >= 0.6 is 0 Å². The lowest BCUT2D eigenvalue weighted by molar-refractivity contribution is 0.171. The van der Waals surface area contributed by atoms with E-state index in [2.05, 4.69) is 20.3 Å². The number of rotatable bonds is 3.